The van der Waals surface area contributed by atoms with E-state index in [1.54, 1.807) is 0 Å². The summed E-state index contributed by atoms with van der Waals surface area (Å²) in [5, 5.41) is 2.62. The van der Waals surface area contributed by atoms with E-state index in [0.717, 1.165) is 32.1 Å². The highest BCUT2D eigenvalue weighted by Gasteiger charge is 2.22. The van der Waals surface area contributed by atoms with E-state index in [9.17, 15) is 0 Å². The Hall–Kier alpha value is -4.88. The van der Waals surface area contributed by atoms with Gasteiger partial charge in [0.25, 0.3) is 0 Å². The molecule has 1 aromatic heterocycles. The Labute approximate surface area is 255 Å². The molecule has 1 aliphatic rings. The molecule has 1 heteroatoms. The first-order chi connectivity index (χ1) is 21.3. The average molecular weight is 556 g/mol. The van der Waals surface area contributed by atoms with Gasteiger partial charge < -0.3 is 4.57 Å². The number of aromatic nitrogens is 1. The molecule has 1 nitrogen and oxygen atoms in total. The van der Waals surface area contributed by atoms with Crippen molar-refractivity contribution in [3.63, 3.8) is 0 Å². The maximum absolute atomic E-state index is 2.55. The average Bonchev–Trinajstić information content (AvgIpc) is 3.39. The Balaban J connectivity index is 1.66. The minimum absolute atomic E-state index is 0.933. The van der Waals surface area contributed by atoms with Gasteiger partial charge >= 0.3 is 0 Å². The summed E-state index contributed by atoms with van der Waals surface area (Å²) in [5.74, 6) is 0. The van der Waals surface area contributed by atoms with Gasteiger partial charge in [-0.3, -0.25) is 0 Å². The second kappa shape index (κ2) is 12.2. The smallest absolute Gasteiger partial charge is 0.0619 e. The molecule has 0 amide bonds. The molecule has 0 unspecified atom stereocenters. The van der Waals surface area contributed by atoms with Crippen LogP contribution in [0.1, 0.15) is 43.7 Å². The highest BCUT2D eigenvalue weighted by Crippen LogP contribution is 2.43. The summed E-state index contributed by atoms with van der Waals surface area (Å²) in [6.45, 7) is 2.29. The number of unbranched alkanes of at least 4 members (excludes halogenated alkanes) is 1. The lowest BCUT2D eigenvalue weighted by Gasteiger charge is -2.16. The minimum Gasteiger partial charge on any atom is -0.308 e. The summed E-state index contributed by atoms with van der Waals surface area (Å²) >= 11 is 0. The van der Waals surface area contributed by atoms with Gasteiger partial charge in [0.2, 0.25) is 0 Å². The van der Waals surface area contributed by atoms with Crippen molar-refractivity contribution in [2.75, 3.05) is 0 Å². The Morgan fingerprint density at radius 2 is 1.19 bits per heavy atom. The zero-order valence-corrected chi connectivity index (χ0v) is 24.8. The van der Waals surface area contributed by atoms with Crippen molar-refractivity contribution >= 4 is 27.4 Å². The van der Waals surface area contributed by atoms with Gasteiger partial charge in [-0.2, -0.15) is 0 Å². The van der Waals surface area contributed by atoms with Gasteiger partial charge in [-0.25, -0.2) is 0 Å². The monoisotopic (exact) mass is 555 g/mol. The van der Waals surface area contributed by atoms with E-state index in [2.05, 4.69) is 157 Å². The number of para-hydroxylation sites is 1. The van der Waals surface area contributed by atoms with Crippen LogP contribution < -0.4 is 0 Å². The van der Waals surface area contributed by atoms with Gasteiger partial charge in [-0.05, 0) is 95.5 Å². The van der Waals surface area contributed by atoms with E-state index in [-0.39, 0.29) is 0 Å². The third kappa shape index (κ3) is 5.28. The van der Waals surface area contributed by atoms with Gasteiger partial charge in [0.1, 0.15) is 0 Å². The Bertz CT molecular complexity index is 1970. The maximum Gasteiger partial charge on any atom is 0.0619 e. The molecule has 0 radical (unpaired) electrons. The number of aryl methyl sites for hydroxylation is 1. The molecule has 1 aliphatic carbocycles. The van der Waals surface area contributed by atoms with Crippen LogP contribution in [0.15, 0.2) is 146 Å². The standard InChI is InChI=1S/C42H37N/c1-2-3-18-34-27-35(31-19-12-7-13-20-31)29-39-40-30-36(32-21-14-8-15-22-32)28-38(33-23-10-5-4-6-11-24-33)42(40)43(41(34)39)37-25-16-9-17-26-37/h4-5,7-9,11-17,19-30H,2-3,6,10,18H2,1H3/b5-4-,24-11-,33-23+. The van der Waals surface area contributed by atoms with Crippen LogP contribution in [0.4, 0.5) is 0 Å². The van der Waals surface area contributed by atoms with Crippen molar-refractivity contribution in [1.29, 1.82) is 0 Å². The molecule has 210 valence electrons. The largest absolute Gasteiger partial charge is 0.308 e. The summed E-state index contributed by atoms with van der Waals surface area (Å²) < 4.78 is 2.55. The Morgan fingerprint density at radius 1 is 0.581 bits per heavy atom. The first-order valence-electron chi connectivity index (χ1n) is 15.6. The minimum atomic E-state index is 0.933. The van der Waals surface area contributed by atoms with Crippen molar-refractivity contribution in [3.05, 3.63) is 157 Å². The summed E-state index contributed by atoms with van der Waals surface area (Å²) in [4.78, 5) is 0. The molecule has 6 aromatic rings. The summed E-state index contributed by atoms with van der Waals surface area (Å²) in [6.07, 6.45) is 16.8. The van der Waals surface area contributed by atoms with E-state index < -0.39 is 0 Å². The third-order valence-corrected chi connectivity index (χ3v) is 8.59. The first kappa shape index (κ1) is 27.0. The fraction of sp³-hybridized carbons (Fsp3) is 0.143. The van der Waals surface area contributed by atoms with Gasteiger partial charge in [-0.15, -0.1) is 0 Å². The van der Waals surface area contributed by atoms with Crippen LogP contribution >= 0.6 is 0 Å². The van der Waals surface area contributed by atoms with Gasteiger partial charge in [0.05, 0.1) is 11.0 Å². The number of nitrogens with zero attached hydrogens (tertiary/aromatic N) is 1. The highest BCUT2D eigenvalue weighted by atomic mass is 15.0. The molecule has 0 saturated heterocycles. The molecular formula is C42H37N. The molecule has 0 saturated carbocycles. The fourth-order valence-corrected chi connectivity index (χ4v) is 6.49. The predicted molar refractivity (Wildman–Crippen MR) is 186 cm³/mol. The van der Waals surface area contributed by atoms with Crippen molar-refractivity contribution in [2.45, 2.75) is 39.0 Å². The Kier molecular flexibility index (Phi) is 7.63. The summed E-state index contributed by atoms with van der Waals surface area (Å²) in [5.41, 5.74) is 12.8. The van der Waals surface area contributed by atoms with Crippen LogP contribution in [0, 0.1) is 0 Å². The maximum atomic E-state index is 2.55. The summed E-state index contributed by atoms with van der Waals surface area (Å²) in [7, 11) is 0. The number of hydrogen-bond acceptors (Lipinski definition) is 0. The molecule has 7 rings (SSSR count). The lowest BCUT2D eigenvalue weighted by Crippen LogP contribution is -2.00. The van der Waals surface area contributed by atoms with Crippen molar-refractivity contribution in [3.8, 4) is 27.9 Å². The first-order valence-corrected chi connectivity index (χ1v) is 15.6. The van der Waals surface area contributed by atoms with Crippen molar-refractivity contribution in [2.24, 2.45) is 0 Å². The van der Waals surface area contributed by atoms with E-state index >= 15 is 0 Å². The van der Waals surface area contributed by atoms with Crippen LogP contribution in [-0.4, -0.2) is 4.57 Å². The zero-order chi connectivity index (χ0) is 29.0. The second-order valence-electron chi connectivity index (χ2n) is 11.5. The predicted octanol–water partition coefficient (Wildman–Crippen LogP) is 11.7. The Morgan fingerprint density at radius 3 is 1.86 bits per heavy atom. The van der Waals surface area contributed by atoms with Crippen LogP contribution in [-0.2, 0) is 6.42 Å². The topological polar surface area (TPSA) is 4.93 Å². The molecule has 5 aromatic carbocycles. The molecule has 0 N–H and O–H groups in total. The number of allylic oxidation sites excluding steroid dienone is 6. The number of rotatable bonds is 7. The van der Waals surface area contributed by atoms with Gasteiger partial charge in [0, 0.05) is 22.0 Å². The fourth-order valence-electron chi connectivity index (χ4n) is 6.49. The van der Waals surface area contributed by atoms with Crippen molar-refractivity contribution < 1.29 is 0 Å². The second-order valence-corrected chi connectivity index (χ2v) is 11.5. The van der Waals surface area contributed by atoms with Gasteiger partial charge in [0.15, 0.2) is 0 Å². The molecule has 0 atom stereocenters. The molecule has 0 aliphatic heterocycles. The number of fused-ring (bicyclic) bond motifs is 3. The van der Waals surface area contributed by atoms with Crippen LogP contribution in [0.3, 0.4) is 0 Å². The van der Waals surface area contributed by atoms with E-state index in [1.165, 1.54) is 66.4 Å². The molecule has 0 fully saturated rings. The lowest BCUT2D eigenvalue weighted by molar-refractivity contribution is 0.797. The van der Waals surface area contributed by atoms with Crippen molar-refractivity contribution in [1.82, 2.24) is 4.57 Å². The molecule has 0 bridgehead atoms. The third-order valence-electron chi connectivity index (χ3n) is 8.59. The molecular weight excluding hydrogens is 518 g/mol. The molecule has 1 heterocycles. The molecule has 43 heavy (non-hydrogen) atoms. The van der Waals surface area contributed by atoms with Gasteiger partial charge in [-0.1, -0.05) is 123 Å². The lowest BCUT2D eigenvalue weighted by atomic mass is 9.93. The van der Waals surface area contributed by atoms with Crippen LogP contribution in [0.2, 0.25) is 0 Å². The van der Waals surface area contributed by atoms with E-state index in [1.807, 2.05) is 0 Å². The van der Waals surface area contributed by atoms with E-state index in [0.29, 0.717) is 0 Å². The number of hydrogen-bond donors (Lipinski definition) is 0. The summed E-state index contributed by atoms with van der Waals surface area (Å²) in [6, 6.07) is 42.4. The quantitative estimate of drug-likeness (QED) is 0.173. The normalized spacial score (nSPS) is 16.0. The number of benzene rings is 5. The zero-order valence-electron chi connectivity index (χ0n) is 24.8. The van der Waals surface area contributed by atoms with Crippen LogP contribution in [0.25, 0.3) is 55.3 Å². The highest BCUT2D eigenvalue weighted by molar-refractivity contribution is 6.16. The van der Waals surface area contributed by atoms with Crippen LogP contribution in [0.5, 0.6) is 0 Å². The molecule has 0 spiro atoms. The SMILES string of the molecule is CCCCc1cc(-c2ccccc2)cc2c3cc(-c4ccccc4)cc(C4=C/C/C=C\C/C=C\4)c3n(-c3ccccc3)c12. The van der Waals surface area contributed by atoms with E-state index in [4.69, 9.17) is 0 Å².